The van der Waals surface area contributed by atoms with Gasteiger partial charge in [0.25, 0.3) is 0 Å². The summed E-state index contributed by atoms with van der Waals surface area (Å²) in [6.07, 6.45) is 0.659. The van der Waals surface area contributed by atoms with Crippen LogP contribution in [0.3, 0.4) is 0 Å². The maximum Gasteiger partial charge on any atom is 0.176 e. The molecule has 0 aliphatic carbocycles. The number of hydrogen-bond donors (Lipinski definition) is 1. The highest BCUT2D eigenvalue weighted by Gasteiger charge is 2.05. The van der Waals surface area contributed by atoms with Gasteiger partial charge in [0.2, 0.25) is 0 Å². The highest BCUT2D eigenvalue weighted by atomic mass is 15.6. The number of tetrazole rings is 1. The first-order valence-corrected chi connectivity index (χ1v) is 4.86. The van der Waals surface area contributed by atoms with Crippen LogP contribution in [0.15, 0.2) is 24.3 Å². The minimum atomic E-state index is 0.541. The van der Waals surface area contributed by atoms with Crippen LogP contribution < -0.4 is 5.73 Å². The Morgan fingerprint density at radius 3 is 2.87 bits per heavy atom. The maximum absolute atomic E-state index is 5.42. The second kappa shape index (κ2) is 4.18. The molecule has 0 fully saturated rings. The van der Waals surface area contributed by atoms with E-state index in [1.165, 1.54) is 0 Å². The van der Waals surface area contributed by atoms with Gasteiger partial charge in [-0.3, -0.25) is 0 Å². The topological polar surface area (TPSA) is 69.6 Å². The molecule has 0 aliphatic heterocycles. The maximum atomic E-state index is 5.42. The van der Waals surface area contributed by atoms with E-state index in [1.807, 2.05) is 31.2 Å². The summed E-state index contributed by atoms with van der Waals surface area (Å²) in [5, 5.41) is 12.2. The van der Waals surface area contributed by atoms with Crippen LogP contribution in [0.4, 0.5) is 0 Å². The lowest BCUT2D eigenvalue weighted by Crippen LogP contribution is -2.05. The van der Waals surface area contributed by atoms with Crippen molar-refractivity contribution in [3.63, 3.8) is 0 Å². The zero-order chi connectivity index (χ0) is 10.7. The zero-order valence-electron chi connectivity index (χ0n) is 8.59. The van der Waals surface area contributed by atoms with Crippen molar-refractivity contribution in [3.05, 3.63) is 35.7 Å². The Morgan fingerprint density at radius 2 is 2.13 bits per heavy atom. The van der Waals surface area contributed by atoms with Crippen molar-refractivity contribution >= 4 is 0 Å². The molecule has 0 aliphatic rings. The number of nitrogens with two attached hydrogens (primary N) is 1. The van der Waals surface area contributed by atoms with Crippen molar-refractivity contribution < 1.29 is 0 Å². The molecule has 1 heterocycles. The molecule has 1 aromatic carbocycles. The van der Waals surface area contributed by atoms with E-state index < -0.39 is 0 Å². The Bertz CT molecular complexity index is 449. The van der Waals surface area contributed by atoms with Gasteiger partial charge in [0.15, 0.2) is 5.82 Å². The minimum Gasteiger partial charge on any atom is -0.330 e. The van der Waals surface area contributed by atoms with Gasteiger partial charge in [0.05, 0.1) is 5.69 Å². The standard InChI is InChI=1S/C10H13N5/c1-8-4-2-3-5-9(8)15-13-10(6-7-11)12-14-15/h2-5H,6-7,11H2,1H3. The molecule has 0 unspecified atom stereocenters. The SMILES string of the molecule is Cc1ccccc1-n1nnc(CCN)n1. The number of rotatable bonds is 3. The summed E-state index contributed by atoms with van der Waals surface area (Å²) < 4.78 is 0. The van der Waals surface area contributed by atoms with E-state index in [9.17, 15) is 0 Å². The third kappa shape index (κ3) is 2.02. The van der Waals surface area contributed by atoms with Crippen molar-refractivity contribution in [2.45, 2.75) is 13.3 Å². The minimum absolute atomic E-state index is 0.541. The van der Waals surface area contributed by atoms with Crippen molar-refractivity contribution in [1.29, 1.82) is 0 Å². The van der Waals surface area contributed by atoms with Gasteiger partial charge >= 0.3 is 0 Å². The summed E-state index contributed by atoms with van der Waals surface area (Å²) in [6, 6.07) is 7.91. The van der Waals surface area contributed by atoms with Crippen LogP contribution in [0.1, 0.15) is 11.4 Å². The average Bonchev–Trinajstić information content (AvgIpc) is 2.68. The molecule has 2 aromatic rings. The molecule has 2 rings (SSSR count). The first kappa shape index (κ1) is 9.79. The van der Waals surface area contributed by atoms with E-state index in [1.54, 1.807) is 4.80 Å². The van der Waals surface area contributed by atoms with Crippen molar-refractivity contribution in [1.82, 2.24) is 20.2 Å². The lowest BCUT2D eigenvalue weighted by Gasteiger charge is -2.01. The van der Waals surface area contributed by atoms with Gasteiger partial charge in [-0.2, -0.15) is 0 Å². The lowest BCUT2D eigenvalue weighted by molar-refractivity contribution is 0.713. The second-order valence-electron chi connectivity index (χ2n) is 3.32. The number of aryl methyl sites for hydroxylation is 1. The largest absolute Gasteiger partial charge is 0.330 e. The normalized spacial score (nSPS) is 10.5. The van der Waals surface area contributed by atoms with Crippen molar-refractivity contribution in [3.8, 4) is 5.69 Å². The summed E-state index contributed by atoms with van der Waals surface area (Å²) in [4.78, 5) is 1.54. The third-order valence-corrected chi connectivity index (χ3v) is 2.15. The van der Waals surface area contributed by atoms with Crippen molar-refractivity contribution in [2.75, 3.05) is 6.54 Å². The molecule has 1 aromatic heterocycles. The van der Waals surface area contributed by atoms with E-state index >= 15 is 0 Å². The molecule has 0 radical (unpaired) electrons. The fourth-order valence-electron chi connectivity index (χ4n) is 1.36. The monoisotopic (exact) mass is 203 g/mol. The molecular weight excluding hydrogens is 190 g/mol. The number of aromatic nitrogens is 4. The number of para-hydroxylation sites is 1. The van der Waals surface area contributed by atoms with E-state index in [-0.39, 0.29) is 0 Å². The summed E-state index contributed by atoms with van der Waals surface area (Å²) in [6.45, 7) is 2.56. The Balaban J connectivity index is 2.33. The van der Waals surface area contributed by atoms with Crippen molar-refractivity contribution in [2.24, 2.45) is 5.73 Å². The molecule has 2 N–H and O–H groups in total. The first-order valence-electron chi connectivity index (χ1n) is 4.86. The molecule has 0 saturated heterocycles. The molecule has 78 valence electrons. The average molecular weight is 203 g/mol. The van der Waals surface area contributed by atoms with Gasteiger partial charge < -0.3 is 5.73 Å². The van der Waals surface area contributed by atoms with Gasteiger partial charge in [0, 0.05) is 6.42 Å². The molecule has 5 heteroatoms. The lowest BCUT2D eigenvalue weighted by atomic mass is 10.2. The second-order valence-corrected chi connectivity index (χ2v) is 3.32. The molecule has 0 atom stereocenters. The molecule has 0 saturated carbocycles. The van der Waals surface area contributed by atoms with Crippen LogP contribution in [0.2, 0.25) is 0 Å². The predicted octanol–water partition coefficient (Wildman–Crippen LogP) is 0.472. The molecule has 15 heavy (non-hydrogen) atoms. The highest BCUT2D eigenvalue weighted by molar-refractivity contribution is 5.37. The van der Waals surface area contributed by atoms with Gasteiger partial charge in [0.1, 0.15) is 0 Å². The van der Waals surface area contributed by atoms with Gasteiger partial charge in [-0.1, -0.05) is 18.2 Å². The summed E-state index contributed by atoms with van der Waals surface area (Å²) in [5.41, 5.74) is 7.49. The molecule has 5 nitrogen and oxygen atoms in total. The van der Waals surface area contributed by atoms with Gasteiger partial charge in [-0.05, 0) is 30.3 Å². The van der Waals surface area contributed by atoms with E-state index in [0.717, 1.165) is 11.3 Å². The number of nitrogens with zero attached hydrogens (tertiary/aromatic N) is 4. The van der Waals surface area contributed by atoms with Crippen LogP contribution in [0.5, 0.6) is 0 Å². The Hall–Kier alpha value is -1.75. The molecule has 0 spiro atoms. The summed E-state index contributed by atoms with van der Waals surface area (Å²) in [5.74, 6) is 0.681. The van der Waals surface area contributed by atoms with E-state index in [0.29, 0.717) is 18.8 Å². The van der Waals surface area contributed by atoms with Crippen LogP contribution in [-0.2, 0) is 6.42 Å². The molecule has 0 amide bonds. The highest BCUT2D eigenvalue weighted by Crippen LogP contribution is 2.09. The molecular formula is C10H13N5. The first-order chi connectivity index (χ1) is 7.31. The fourth-order valence-corrected chi connectivity index (χ4v) is 1.36. The number of hydrogen-bond acceptors (Lipinski definition) is 4. The van der Waals surface area contributed by atoms with Gasteiger partial charge in [-0.15, -0.1) is 15.0 Å². The van der Waals surface area contributed by atoms with Gasteiger partial charge in [-0.25, -0.2) is 0 Å². The fraction of sp³-hybridized carbons (Fsp3) is 0.300. The Kier molecular flexibility index (Phi) is 2.73. The van der Waals surface area contributed by atoms with Crippen LogP contribution in [0.25, 0.3) is 5.69 Å². The quantitative estimate of drug-likeness (QED) is 0.787. The van der Waals surface area contributed by atoms with Crippen LogP contribution in [-0.4, -0.2) is 26.8 Å². The van der Waals surface area contributed by atoms with Crippen LogP contribution >= 0.6 is 0 Å². The Labute approximate surface area is 87.9 Å². The summed E-state index contributed by atoms with van der Waals surface area (Å²) >= 11 is 0. The smallest absolute Gasteiger partial charge is 0.176 e. The van der Waals surface area contributed by atoms with Crippen LogP contribution in [0, 0.1) is 6.92 Å². The van der Waals surface area contributed by atoms with E-state index in [2.05, 4.69) is 15.4 Å². The Morgan fingerprint density at radius 1 is 1.33 bits per heavy atom. The molecule has 0 bridgehead atoms. The number of benzene rings is 1. The zero-order valence-corrected chi connectivity index (χ0v) is 8.59. The summed E-state index contributed by atoms with van der Waals surface area (Å²) in [7, 11) is 0. The van der Waals surface area contributed by atoms with E-state index in [4.69, 9.17) is 5.73 Å². The predicted molar refractivity (Wildman–Crippen MR) is 56.6 cm³/mol. The third-order valence-electron chi connectivity index (χ3n) is 2.15.